The van der Waals surface area contributed by atoms with Crippen molar-refractivity contribution in [3.05, 3.63) is 29.5 Å². The van der Waals surface area contributed by atoms with Crippen molar-refractivity contribution in [1.29, 1.82) is 0 Å². The Hall–Kier alpha value is -2.17. The minimum Gasteiger partial charge on any atom is -0.335 e. The first-order valence-electron chi connectivity index (χ1n) is 10.8. The first-order chi connectivity index (χ1) is 13.5. The van der Waals surface area contributed by atoms with E-state index in [1.165, 1.54) is 24.8 Å². The molecule has 2 aromatic rings. The Labute approximate surface area is 166 Å². The summed E-state index contributed by atoms with van der Waals surface area (Å²) >= 11 is 0. The maximum absolute atomic E-state index is 13.4. The Bertz CT molecular complexity index is 962. The summed E-state index contributed by atoms with van der Waals surface area (Å²) in [4.78, 5) is 27.7. The van der Waals surface area contributed by atoms with Gasteiger partial charge < -0.3 is 4.90 Å². The van der Waals surface area contributed by atoms with Crippen LogP contribution in [-0.2, 0) is 17.8 Å². The number of ketones is 1. The smallest absolute Gasteiger partial charge is 0.244 e. The van der Waals surface area contributed by atoms with E-state index >= 15 is 0 Å². The molecule has 5 nitrogen and oxygen atoms in total. The van der Waals surface area contributed by atoms with Crippen LogP contribution in [-0.4, -0.2) is 38.5 Å². The number of piperidine rings is 1. The van der Waals surface area contributed by atoms with Gasteiger partial charge in [0.2, 0.25) is 5.91 Å². The minimum absolute atomic E-state index is 0.0386. The van der Waals surface area contributed by atoms with E-state index in [1.54, 1.807) is 6.92 Å². The molecular formula is C23H29N3O2. The largest absolute Gasteiger partial charge is 0.335 e. The van der Waals surface area contributed by atoms with E-state index in [0.717, 1.165) is 43.0 Å². The fraction of sp³-hybridized carbons (Fsp3) is 0.609. The van der Waals surface area contributed by atoms with Crippen molar-refractivity contribution >= 4 is 22.6 Å². The van der Waals surface area contributed by atoms with E-state index in [4.69, 9.17) is 0 Å². The van der Waals surface area contributed by atoms with Gasteiger partial charge in [-0.25, -0.2) is 0 Å². The van der Waals surface area contributed by atoms with E-state index in [0.29, 0.717) is 23.2 Å². The van der Waals surface area contributed by atoms with Crippen LogP contribution in [0.4, 0.5) is 0 Å². The molecule has 1 aromatic heterocycles. The molecule has 1 amide bonds. The van der Waals surface area contributed by atoms with Gasteiger partial charge in [-0.1, -0.05) is 44.4 Å². The Morgan fingerprint density at radius 1 is 1.18 bits per heavy atom. The van der Waals surface area contributed by atoms with E-state index < -0.39 is 0 Å². The molecule has 148 valence electrons. The van der Waals surface area contributed by atoms with Gasteiger partial charge in [0.25, 0.3) is 0 Å². The Kier molecular flexibility index (Phi) is 4.11. The van der Waals surface area contributed by atoms with Crippen LogP contribution < -0.4 is 0 Å². The lowest BCUT2D eigenvalue weighted by Gasteiger charge is -2.28. The second-order valence-corrected chi connectivity index (χ2v) is 9.36. The number of aromatic nitrogens is 2. The van der Waals surface area contributed by atoms with Crippen molar-refractivity contribution in [3.63, 3.8) is 0 Å². The fourth-order valence-electron chi connectivity index (χ4n) is 5.69. The van der Waals surface area contributed by atoms with Crippen molar-refractivity contribution in [3.8, 4) is 0 Å². The number of para-hydroxylation sites is 1. The molecule has 3 aliphatic rings. The summed E-state index contributed by atoms with van der Waals surface area (Å²) in [6.07, 6.45) is 9.18. The summed E-state index contributed by atoms with van der Waals surface area (Å²) in [6.45, 7) is 4.13. The molecule has 1 aromatic carbocycles. The lowest BCUT2D eigenvalue weighted by molar-refractivity contribution is -0.134. The molecule has 1 aliphatic carbocycles. The predicted molar refractivity (Wildman–Crippen MR) is 108 cm³/mol. The summed E-state index contributed by atoms with van der Waals surface area (Å²) in [5.41, 5.74) is 3.01. The third-order valence-corrected chi connectivity index (χ3v) is 7.23. The van der Waals surface area contributed by atoms with Crippen LogP contribution in [0.2, 0.25) is 0 Å². The quantitative estimate of drug-likeness (QED) is 0.700. The number of hydrogen-bond donors (Lipinski definition) is 0. The molecule has 0 unspecified atom stereocenters. The van der Waals surface area contributed by atoms with Crippen LogP contribution in [0.1, 0.15) is 74.8 Å². The molecule has 0 radical (unpaired) electrons. The van der Waals surface area contributed by atoms with E-state index in [9.17, 15) is 9.59 Å². The van der Waals surface area contributed by atoms with Gasteiger partial charge in [-0.2, -0.15) is 5.10 Å². The number of Topliss-reactive ketones (excluding diaryl/α,β-unsaturated/α-hetero) is 1. The Morgan fingerprint density at radius 3 is 2.82 bits per heavy atom. The van der Waals surface area contributed by atoms with Gasteiger partial charge in [0.05, 0.1) is 5.52 Å². The van der Waals surface area contributed by atoms with E-state index in [1.807, 2.05) is 16.8 Å². The van der Waals surface area contributed by atoms with Gasteiger partial charge in [-0.3, -0.25) is 14.3 Å². The molecule has 2 aliphatic heterocycles. The summed E-state index contributed by atoms with van der Waals surface area (Å²) in [5, 5.41) is 5.50. The molecule has 3 atom stereocenters. The SMILES string of the molecule is CC(=O)c1nn2c3c(cccc13)CCCCCC[C@@H]1C[C@@]3(C)C[C@H]3N1C(=O)C2. The van der Waals surface area contributed by atoms with Crippen molar-refractivity contribution in [2.24, 2.45) is 5.41 Å². The van der Waals surface area contributed by atoms with Crippen LogP contribution in [0.5, 0.6) is 0 Å². The van der Waals surface area contributed by atoms with Crippen molar-refractivity contribution < 1.29 is 9.59 Å². The highest BCUT2D eigenvalue weighted by molar-refractivity contribution is 6.05. The first kappa shape index (κ1) is 17.9. The Balaban J connectivity index is 1.58. The molecule has 28 heavy (non-hydrogen) atoms. The fourth-order valence-corrected chi connectivity index (χ4v) is 5.69. The van der Waals surface area contributed by atoms with Crippen LogP contribution >= 0.6 is 0 Å². The first-order valence-corrected chi connectivity index (χ1v) is 10.8. The topological polar surface area (TPSA) is 55.2 Å². The number of rotatable bonds is 1. The minimum atomic E-state index is -0.0386. The second-order valence-electron chi connectivity index (χ2n) is 9.36. The van der Waals surface area contributed by atoms with Gasteiger partial charge in [0.1, 0.15) is 12.2 Å². The van der Waals surface area contributed by atoms with Gasteiger partial charge in [-0.05, 0) is 43.1 Å². The number of carbonyl (C=O) groups excluding carboxylic acids is 2. The number of fused-ring (bicyclic) bond motifs is 3. The van der Waals surface area contributed by atoms with E-state index in [-0.39, 0.29) is 18.2 Å². The molecule has 0 spiro atoms. The number of carbonyl (C=O) groups is 2. The number of hydrogen-bond acceptors (Lipinski definition) is 3. The van der Waals surface area contributed by atoms with Crippen molar-refractivity contribution in [2.75, 3.05) is 0 Å². The highest BCUT2D eigenvalue weighted by atomic mass is 16.2. The van der Waals surface area contributed by atoms with Gasteiger partial charge in [-0.15, -0.1) is 0 Å². The van der Waals surface area contributed by atoms with Crippen LogP contribution in [0, 0.1) is 5.41 Å². The Morgan fingerprint density at radius 2 is 2.00 bits per heavy atom. The second kappa shape index (κ2) is 6.43. The normalized spacial score (nSPS) is 30.2. The lowest BCUT2D eigenvalue weighted by Crippen LogP contribution is -2.40. The third kappa shape index (κ3) is 2.78. The molecule has 1 saturated carbocycles. The maximum atomic E-state index is 13.4. The molecule has 1 saturated heterocycles. The highest BCUT2D eigenvalue weighted by Crippen LogP contribution is 2.59. The number of aryl methyl sites for hydroxylation is 1. The number of benzene rings is 1. The zero-order chi connectivity index (χ0) is 19.5. The molecule has 2 fully saturated rings. The standard InChI is InChI=1S/C23H29N3O2/c1-15(27)21-18-11-7-9-16-8-5-3-4-6-10-17-12-23(2)13-19(23)26(17)20(28)14-25(24-21)22(16)18/h7,9,11,17,19H,3-6,8,10,12-14H2,1-2H3/t17-,19-,23+/m1/s1. The molecule has 5 rings (SSSR count). The molecule has 0 bridgehead atoms. The van der Waals surface area contributed by atoms with Crippen LogP contribution in [0.25, 0.3) is 10.9 Å². The molecular weight excluding hydrogens is 350 g/mol. The summed E-state index contributed by atoms with van der Waals surface area (Å²) in [5.74, 6) is 0.132. The zero-order valence-electron chi connectivity index (χ0n) is 16.9. The molecule has 5 heteroatoms. The maximum Gasteiger partial charge on any atom is 0.244 e. The highest BCUT2D eigenvalue weighted by Gasteiger charge is 2.62. The third-order valence-electron chi connectivity index (χ3n) is 7.23. The van der Waals surface area contributed by atoms with E-state index in [2.05, 4.69) is 23.0 Å². The molecule has 0 N–H and O–H groups in total. The van der Waals surface area contributed by atoms with Gasteiger partial charge in [0, 0.05) is 24.4 Å². The van der Waals surface area contributed by atoms with Crippen LogP contribution in [0.3, 0.4) is 0 Å². The zero-order valence-corrected chi connectivity index (χ0v) is 16.9. The lowest BCUT2D eigenvalue weighted by atomic mass is 9.97. The summed E-state index contributed by atoms with van der Waals surface area (Å²) in [6, 6.07) is 6.90. The van der Waals surface area contributed by atoms with Crippen LogP contribution in [0.15, 0.2) is 18.2 Å². The van der Waals surface area contributed by atoms with Gasteiger partial charge in [0.15, 0.2) is 5.78 Å². The van der Waals surface area contributed by atoms with Gasteiger partial charge >= 0.3 is 0 Å². The number of amides is 1. The monoisotopic (exact) mass is 379 g/mol. The average Bonchev–Trinajstić information content (AvgIpc) is 3.03. The predicted octanol–water partition coefficient (Wildman–Crippen LogP) is 4.13. The van der Waals surface area contributed by atoms with Crippen molar-refractivity contribution in [1.82, 2.24) is 14.7 Å². The number of nitrogens with zero attached hydrogens (tertiary/aromatic N) is 3. The summed E-state index contributed by atoms with van der Waals surface area (Å²) in [7, 11) is 0. The average molecular weight is 380 g/mol. The summed E-state index contributed by atoms with van der Waals surface area (Å²) < 4.78 is 1.82. The van der Waals surface area contributed by atoms with Crippen molar-refractivity contribution in [2.45, 2.75) is 83.8 Å². The molecule has 3 heterocycles.